The molecular weight excluding hydrogens is 170 g/mol. The third-order valence-electron chi connectivity index (χ3n) is 3.05. The van der Waals surface area contributed by atoms with Crippen LogP contribution in [0.1, 0.15) is 51.9 Å². The van der Waals surface area contributed by atoms with Gasteiger partial charge in [0.2, 0.25) is 0 Å². The molecule has 1 nitrogen and oxygen atoms in total. The van der Waals surface area contributed by atoms with Gasteiger partial charge >= 0.3 is 0 Å². The highest BCUT2D eigenvalue weighted by atomic mass is 14.8. The lowest BCUT2D eigenvalue weighted by Gasteiger charge is -2.19. The lowest BCUT2D eigenvalue weighted by atomic mass is 9.91. The zero-order chi connectivity index (χ0) is 10.1. The average Bonchev–Trinajstić information content (AvgIpc) is 2.15. The molecule has 0 radical (unpaired) electrons. The SMILES string of the molecule is CC#CCNCC1CCCCCCC1. The van der Waals surface area contributed by atoms with Crippen LogP contribution in [0.5, 0.6) is 0 Å². The molecule has 0 aliphatic heterocycles. The van der Waals surface area contributed by atoms with E-state index in [4.69, 9.17) is 0 Å². The topological polar surface area (TPSA) is 12.0 Å². The maximum absolute atomic E-state index is 3.43. The van der Waals surface area contributed by atoms with E-state index in [1.165, 1.54) is 51.5 Å². The molecule has 80 valence electrons. The standard InChI is InChI=1S/C13H23N/c1-2-3-11-14-12-13-9-7-5-4-6-8-10-13/h13-14H,4-12H2,1H3. The molecule has 1 N–H and O–H groups in total. The summed E-state index contributed by atoms with van der Waals surface area (Å²) in [6.07, 6.45) is 10.1. The maximum atomic E-state index is 3.43. The highest BCUT2D eigenvalue weighted by Gasteiger charge is 2.09. The van der Waals surface area contributed by atoms with Crippen molar-refractivity contribution in [2.45, 2.75) is 51.9 Å². The molecule has 0 unspecified atom stereocenters. The molecule has 0 aromatic rings. The highest BCUT2D eigenvalue weighted by Crippen LogP contribution is 2.21. The highest BCUT2D eigenvalue weighted by molar-refractivity contribution is 4.96. The molecule has 0 atom stereocenters. The molecule has 1 rings (SSSR count). The fourth-order valence-corrected chi connectivity index (χ4v) is 2.17. The fraction of sp³-hybridized carbons (Fsp3) is 0.846. The van der Waals surface area contributed by atoms with Crippen molar-refractivity contribution < 1.29 is 0 Å². The van der Waals surface area contributed by atoms with Gasteiger partial charge in [0.15, 0.2) is 0 Å². The summed E-state index contributed by atoms with van der Waals surface area (Å²) < 4.78 is 0. The van der Waals surface area contributed by atoms with Gasteiger partial charge in [-0.1, -0.05) is 38.0 Å². The van der Waals surface area contributed by atoms with Crippen LogP contribution in [-0.2, 0) is 0 Å². The first-order valence-electron chi connectivity index (χ1n) is 6.04. The van der Waals surface area contributed by atoms with Gasteiger partial charge in [-0.05, 0) is 32.2 Å². The van der Waals surface area contributed by atoms with Gasteiger partial charge in [0.25, 0.3) is 0 Å². The zero-order valence-electron chi connectivity index (χ0n) is 9.44. The minimum Gasteiger partial charge on any atom is -0.306 e. The van der Waals surface area contributed by atoms with E-state index < -0.39 is 0 Å². The summed E-state index contributed by atoms with van der Waals surface area (Å²) >= 11 is 0. The number of rotatable bonds is 3. The Bertz CT molecular complexity index is 179. The number of hydrogen-bond acceptors (Lipinski definition) is 1. The molecule has 1 heteroatoms. The number of hydrogen-bond donors (Lipinski definition) is 1. The Kier molecular flexibility index (Phi) is 6.53. The minimum atomic E-state index is 0.868. The van der Waals surface area contributed by atoms with Crippen molar-refractivity contribution in [1.29, 1.82) is 0 Å². The third kappa shape index (κ3) is 5.29. The van der Waals surface area contributed by atoms with E-state index >= 15 is 0 Å². The van der Waals surface area contributed by atoms with E-state index in [1.807, 2.05) is 6.92 Å². The molecule has 1 saturated carbocycles. The predicted octanol–water partition coefficient (Wildman–Crippen LogP) is 2.96. The molecule has 14 heavy (non-hydrogen) atoms. The molecule has 1 aliphatic carbocycles. The van der Waals surface area contributed by atoms with Crippen LogP contribution in [0, 0.1) is 17.8 Å². The van der Waals surface area contributed by atoms with Gasteiger partial charge in [0, 0.05) is 0 Å². The Hall–Kier alpha value is -0.480. The molecule has 0 aromatic heterocycles. The average molecular weight is 193 g/mol. The smallest absolute Gasteiger partial charge is 0.0576 e. The van der Waals surface area contributed by atoms with Crippen molar-refractivity contribution in [3.05, 3.63) is 0 Å². The van der Waals surface area contributed by atoms with Crippen LogP contribution in [0.25, 0.3) is 0 Å². The van der Waals surface area contributed by atoms with Crippen molar-refractivity contribution >= 4 is 0 Å². The molecule has 0 amide bonds. The van der Waals surface area contributed by atoms with Crippen LogP contribution in [0.4, 0.5) is 0 Å². The Morgan fingerprint density at radius 1 is 1.07 bits per heavy atom. The van der Waals surface area contributed by atoms with Crippen LogP contribution in [0.15, 0.2) is 0 Å². The van der Waals surface area contributed by atoms with Gasteiger partial charge in [0.1, 0.15) is 0 Å². The van der Waals surface area contributed by atoms with Crippen LogP contribution in [0.3, 0.4) is 0 Å². The van der Waals surface area contributed by atoms with Gasteiger partial charge in [-0.3, -0.25) is 0 Å². The second kappa shape index (κ2) is 7.88. The summed E-state index contributed by atoms with van der Waals surface area (Å²) in [5.74, 6) is 6.88. The molecule has 1 aliphatic rings. The van der Waals surface area contributed by atoms with Gasteiger partial charge in [0.05, 0.1) is 6.54 Å². The lowest BCUT2D eigenvalue weighted by Crippen LogP contribution is -2.23. The molecular formula is C13H23N. The van der Waals surface area contributed by atoms with Gasteiger partial charge in [-0.2, -0.15) is 0 Å². The molecule has 0 heterocycles. The zero-order valence-corrected chi connectivity index (χ0v) is 9.44. The van der Waals surface area contributed by atoms with E-state index in [1.54, 1.807) is 0 Å². The maximum Gasteiger partial charge on any atom is 0.0576 e. The van der Waals surface area contributed by atoms with E-state index in [-0.39, 0.29) is 0 Å². The molecule has 0 bridgehead atoms. The van der Waals surface area contributed by atoms with Gasteiger partial charge < -0.3 is 5.32 Å². The van der Waals surface area contributed by atoms with E-state index in [0.717, 1.165) is 12.5 Å². The van der Waals surface area contributed by atoms with Crippen molar-refractivity contribution in [2.75, 3.05) is 13.1 Å². The van der Waals surface area contributed by atoms with Crippen LogP contribution in [0.2, 0.25) is 0 Å². The van der Waals surface area contributed by atoms with E-state index in [0.29, 0.717) is 0 Å². The summed E-state index contributed by atoms with van der Waals surface area (Å²) in [5, 5.41) is 3.43. The Morgan fingerprint density at radius 3 is 2.36 bits per heavy atom. The summed E-state index contributed by atoms with van der Waals surface area (Å²) in [4.78, 5) is 0. The quantitative estimate of drug-likeness (QED) is 0.537. The van der Waals surface area contributed by atoms with Gasteiger partial charge in [-0.25, -0.2) is 0 Å². The Balaban J connectivity index is 2.09. The summed E-state index contributed by atoms with van der Waals surface area (Å²) in [6.45, 7) is 3.94. The summed E-state index contributed by atoms with van der Waals surface area (Å²) in [7, 11) is 0. The lowest BCUT2D eigenvalue weighted by molar-refractivity contribution is 0.366. The van der Waals surface area contributed by atoms with Crippen molar-refractivity contribution in [2.24, 2.45) is 5.92 Å². The van der Waals surface area contributed by atoms with Crippen molar-refractivity contribution in [3.63, 3.8) is 0 Å². The molecule has 1 fully saturated rings. The second-order valence-electron chi connectivity index (χ2n) is 4.27. The molecule has 0 spiro atoms. The summed E-state index contributed by atoms with van der Waals surface area (Å²) in [5.41, 5.74) is 0. The first kappa shape index (κ1) is 11.6. The minimum absolute atomic E-state index is 0.868. The summed E-state index contributed by atoms with van der Waals surface area (Å²) in [6, 6.07) is 0. The Morgan fingerprint density at radius 2 is 1.71 bits per heavy atom. The first-order valence-corrected chi connectivity index (χ1v) is 6.04. The Labute approximate surface area is 88.7 Å². The first-order chi connectivity index (χ1) is 6.93. The van der Waals surface area contributed by atoms with Crippen LogP contribution >= 0.6 is 0 Å². The van der Waals surface area contributed by atoms with Crippen LogP contribution in [-0.4, -0.2) is 13.1 Å². The largest absolute Gasteiger partial charge is 0.306 e. The molecule has 0 aromatic carbocycles. The van der Waals surface area contributed by atoms with Crippen LogP contribution < -0.4 is 5.32 Å². The monoisotopic (exact) mass is 193 g/mol. The van der Waals surface area contributed by atoms with Gasteiger partial charge in [-0.15, -0.1) is 5.92 Å². The van der Waals surface area contributed by atoms with E-state index in [2.05, 4.69) is 17.2 Å². The fourth-order valence-electron chi connectivity index (χ4n) is 2.17. The predicted molar refractivity (Wildman–Crippen MR) is 62.1 cm³/mol. The number of nitrogens with one attached hydrogen (secondary N) is 1. The van der Waals surface area contributed by atoms with Crippen molar-refractivity contribution in [3.8, 4) is 11.8 Å². The second-order valence-corrected chi connectivity index (χ2v) is 4.27. The third-order valence-corrected chi connectivity index (χ3v) is 3.05. The van der Waals surface area contributed by atoms with Crippen molar-refractivity contribution in [1.82, 2.24) is 5.32 Å². The molecule has 0 saturated heterocycles. The normalized spacial score (nSPS) is 19.2. The van der Waals surface area contributed by atoms with E-state index in [9.17, 15) is 0 Å².